The van der Waals surface area contributed by atoms with Crippen LogP contribution in [0.5, 0.6) is 5.75 Å². The van der Waals surface area contributed by atoms with Gasteiger partial charge in [-0.2, -0.15) is 4.68 Å². The van der Waals surface area contributed by atoms with Crippen molar-refractivity contribution >= 4 is 24.0 Å². The molecular weight excluding hydrogens is 320 g/mol. The Labute approximate surface area is 140 Å². The first kappa shape index (κ1) is 18.9. The number of rotatable bonds is 5. The fourth-order valence-electron chi connectivity index (χ4n) is 1.88. The molecule has 1 heterocycles. The number of hydrogen-bond acceptors (Lipinski definition) is 6. The maximum atomic E-state index is 12.1. The molecule has 0 aliphatic carbocycles. The first-order chi connectivity index (χ1) is 10.4. The lowest BCUT2D eigenvalue weighted by molar-refractivity contribution is -0.119. The van der Waals surface area contributed by atoms with Crippen LogP contribution in [-0.2, 0) is 4.79 Å². The standard InChI is InChI=1S/C14H20N6O2.ClH/c1-8(9(2)15)14(21)16-11-5-6-13(22-4)12(7-11)20-10(3)17-18-19-20;/h5-9H,15H2,1-4H3,(H,16,21);1H. The quantitative estimate of drug-likeness (QED) is 0.849. The molecule has 23 heavy (non-hydrogen) atoms. The number of nitrogens with zero attached hydrogens (tertiary/aromatic N) is 4. The number of amides is 1. The molecule has 2 rings (SSSR count). The van der Waals surface area contributed by atoms with E-state index in [0.29, 0.717) is 22.9 Å². The lowest BCUT2D eigenvalue weighted by atomic mass is 10.0. The predicted molar refractivity (Wildman–Crippen MR) is 89.1 cm³/mol. The molecule has 0 spiro atoms. The summed E-state index contributed by atoms with van der Waals surface area (Å²) in [5.41, 5.74) is 7.03. The molecule has 2 aromatic rings. The smallest absolute Gasteiger partial charge is 0.228 e. The Balaban J connectivity index is 0.00000264. The lowest BCUT2D eigenvalue weighted by Gasteiger charge is -2.16. The Morgan fingerprint density at radius 3 is 2.61 bits per heavy atom. The van der Waals surface area contributed by atoms with Crippen LogP contribution in [0, 0.1) is 12.8 Å². The summed E-state index contributed by atoms with van der Waals surface area (Å²) >= 11 is 0. The Kier molecular flexibility index (Phi) is 6.47. The molecule has 0 fully saturated rings. The second-order valence-corrected chi connectivity index (χ2v) is 5.16. The Hall–Kier alpha value is -2.19. The molecule has 0 saturated carbocycles. The van der Waals surface area contributed by atoms with Gasteiger partial charge in [0.15, 0.2) is 5.82 Å². The number of methoxy groups -OCH3 is 1. The second-order valence-electron chi connectivity index (χ2n) is 5.16. The van der Waals surface area contributed by atoms with Crippen molar-refractivity contribution in [2.24, 2.45) is 11.7 Å². The molecule has 2 atom stereocenters. The maximum absolute atomic E-state index is 12.1. The summed E-state index contributed by atoms with van der Waals surface area (Å²) in [6.45, 7) is 5.37. The predicted octanol–water partition coefficient (Wildman–Crippen LogP) is 1.32. The Morgan fingerprint density at radius 1 is 1.39 bits per heavy atom. The number of aryl methyl sites for hydroxylation is 1. The highest BCUT2D eigenvalue weighted by atomic mass is 35.5. The minimum Gasteiger partial charge on any atom is -0.494 e. The van der Waals surface area contributed by atoms with Gasteiger partial charge in [0.05, 0.1) is 13.0 Å². The van der Waals surface area contributed by atoms with Crippen LogP contribution < -0.4 is 15.8 Å². The third-order valence-corrected chi connectivity index (χ3v) is 3.50. The average Bonchev–Trinajstić information content (AvgIpc) is 2.92. The molecule has 0 aliphatic heterocycles. The van der Waals surface area contributed by atoms with E-state index < -0.39 is 0 Å². The number of aromatic nitrogens is 4. The summed E-state index contributed by atoms with van der Waals surface area (Å²) in [6, 6.07) is 5.05. The second kappa shape index (κ2) is 7.89. The van der Waals surface area contributed by atoms with Gasteiger partial charge in [-0.05, 0) is 42.5 Å². The van der Waals surface area contributed by atoms with Crippen LogP contribution in [0.3, 0.4) is 0 Å². The third-order valence-electron chi connectivity index (χ3n) is 3.50. The van der Waals surface area contributed by atoms with E-state index in [2.05, 4.69) is 20.8 Å². The van der Waals surface area contributed by atoms with Crippen molar-refractivity contribution in [3.8, 4) is 11.4 Å². The first-order valence-corrected chi connectivity index (χ1v) is 6.94. The number of halogens is 1. The van der Waals surface area contributed by atoms with E-state index >= 15 is 0 Å². The van der Waals surface area contributed by atoms with Gasteiger partial charge >= 0.3 is 0 Å². The number of benzene rings is 1. The van der Waals surface area contributed by atoms with E-state index in [-0.39, 0.29) is 30.3 Å². The molecule has 8 nitrogen and oxygen atoms in total. The van der Waals surface area contributed by atoms with Crippen molar-refractivity contribution in [2.45, 2.75) is 26.8 Å². The third kappa shape index (κ3) is 4.17. The fourth-order valence-corrected chi connectivity index (χ4v) is 1.88. The Bertz CT molecular complexity index is 673. The van der Waals surface area contributed by atoms with Gasteiger partial charge in [0, 0.05) is 11.7 Å². The minimum atomic E-state index is -0.291. The summed E-state index contributed by atoms with van der Waals surface area (Å²) in [7, 11) is 1.56. The molecular formula is C14H21ClN6O2. The highest BCUT2D eigenvalue weighted by molar-refractivity contribution is 5.93. The molecule has 3 N–H and O–H groups in total. The average molecular weight is 341 g/mol. The van der Waals surface area contributed by atoms with Crippen LogP contribution in [-0.4, -0.2) is 39.3 Å². The van der Waals surface area contributed by atoms with Crippen LogP contribution in [0.4, 0.5) is 5.69 Å². The lowest BCUT2D eigenvalue weighted by Crippen LogP contribution is -2.34. The van der Waals surface area contributed by atoms with Crippen molar-refractivity contribution in [3.05, 3.63) is 24.0 Å². The molecule has 0 aliphatic rings. The normalized spacial score (nSPS) is 12.9. The van der Waals surface area contributed by atoms with Crippen molar-refractivity contribution in [3.63, 3.8) is 0 Å². The van der Waals surface area contributed by atoms with Crippen molar-refractivity contribution in [1.29, 1.82) is 0 Å². The van der Waals surface area contributed by atoms with Crippen molar-refractivity contribution in [1.82, 2.24) is 20.2 Å². The van der Waals surface area contributed by atoms with Gasteiger partial charge in [0.2, 0.25) is 5.91 Å². The zero-order valence-corrected chi connectivity index (χ0v) is 14.3. The molecule has 2 unspecified atom stereocenters. The summed E-state index contributed by atoms with van der Waals surface area (Å²) in [5.74, 6) is 0.791. The van der Waals surface area contributed by atoms with E-state index in [1.165, 1.54) is 0 Å². The van der Waals surface area contributed by atoms with Crippen LogP contribution in [0.15, 0.2) is 18.2 Å². The van der Waals surface area contributed by atoms with Crippen molar-refractivity contribution < 1.29 is 9.53 Å². The summed E-state index contributed by atoms with van der Waals surface area (Å²) < 4.78 is 6.87. The number of nitrogens with one attached hydrogen (secondary N) is 1. The molecule has 9 heteroatoms. The molecule has 0 bridgehead atoms. The number of carbonyl (C=O) groups is 1. The monoisotopic (exact) mass is 340 g/mol. The Morgan fingerprint density at radius 2 is 2.09 bits per heavy atom. The minimum absolute atomic E-state index is 0. The van der Waals surface area contributed by atoms with Gasteiger partial charge in [-0.1, -0.05) is 6.92 Å². The molecule has 1 amide bonds. The van der Waals surface area contributed by atoms with Gasteiger partial charge in [-0.15, -0.1) is 17.5 Å². The summed E-state index contributed by atoms with van der Waals surface area (Å²) in [6.07, 6.45) is 0. The largest absolute Gasteiger partial charge is 0.494 e. The molecule has 0 radical (unpaired) electrons. The maximum Gasteiger partial charge on any atom is 0.228 e. The van der Waals surface area contributed by atoms with E-state index in [0.717, 1.165) is 0 Å². The van der Waals surface area contributed by atoms with E-state index in [4.69, 9.17) is 10.5 Å². The fraction of sp³-hybridized carbons (Fsp3) is 0.429. The molecule has 126 valence electrons. The van der Waals surface area contributed by atoms with Crippen LogP contribution >= 0.6 is 12.4 Å². The van der Waals surface area contributed by atoms with Gasteiger partial charge < -0.3 is 15.8 Å². The highest BCUT2D eigenvalue weighted by Gasteiger charge is 2.18. The number of carbonyl (C=O) groups excluding carboxylic acids is 1. The zero-order chi connectivity index (χ0) is 16.3. The van der Waals surface area contributed by atoms with E-state index in [1.54, 1.807) is 50.8 Å². The van der Waals surface area contributed by atoms with Crippen molar-refractivity contribution in [2.75, 3.05) is 12.4 Å². The topological polar surface area (TPSA) is 108 Å². The van der Waals surface area contributed by atoms with Crippen LogP contribution in [0.2, 0.25) is 0 Å². The first-order valence-electron chi connectivity index (χ1n) is 6.94. The number of anilines is 1. The molecule has 1 aromatic heterocycles. The summed E-state index contributed by atoms with van der Waals surface area (Å²) in [4.78, 5) is 12.1. The van der Waals surface area contributed by atoms with E-state index in [1.807, 2.05) is 0 Å². The number of ether oxygens (including phenoxy) is 1. The van der Waals surface area contributed by atoms with Gasteiger partial charge in [-0.25, -0.2) is 0 Å². The molecule has 1 aromatic carbocycles. The number of nitrogens with two attached hydrogens (primary N) is 1. The zero-order valence-electron chi connectivity index (χ0n) is 13.5. The van der Waals surface area contributed by atoms with E-state index in [9.17, 15) is 4.79 Å². The van der Waals surface area contributed by atoms with Crippen LogP contribution in [0.1, 0.15) is 19.7 Å². The van der Waals surface area contributed by atoms with Gasteiger partial charge in [-0.3, -0.25) is 4.79 Å². The SMILES string of the molecule is COc1ccc(NC(=O)C(C)C(C)N)cc1-n1nnnc1C.Cl. The number of hydrogen-bond donors (Lipinski definition) is 2. The summed E-state index contributed by atoms with van der Waals surface area (Å²) in [5, 5.41) is 14.2. The van der Waals surface area contributed by atoms with Crippen LogP contribution in [0.25, 0.3) is 5.69 Å². The number of tetrazole rings is 1. The molecule has 0 saturated heterocycles. The highest BCUT2D eigenvalue weighted by Crippen LogP contribution is 2.26. The van der Waals surface area contributed by atoms with Gasteiger partial charge in [0.1, 0.15) is 11.4 Å². The van der Waals surface area contributed by atoms with Gasteiger partial charge in [0.25, 0.3) is 0 Å².